The van der Waals surface area contributed by atoms with Crippen molar-refractivity contribution in [3.63, 3.8) is 0 Å². The first-order chi connectivity index (χ1) is 14.0. The number of carbonyl (C=O) groups excluding carboxylic acids is 1. The molecule has 0 aliphatic carbocycles. The van der Waals surface area contributed by atoms with Crippen molar-refractivity contribution in [2.45, 2.75) is 23.8 Å². The van der Waals surface area contributed by atoms with E-state index in [-0.39, 0.29) is 23.1 Å². The van der Waals surface area contributed by atoms with Crippen molar-refractivity contribution in [1.29, 1.82) is 0 Å². The number of sulfonamides is 1. The second-order valence-electron chi connectivity index (χ2n) is 6.85. The average Bonchev–Trinajstić information content (AvgIpc) is 3.26. The summed E-state index contributed by atoms with van der Waals surface area (Å²) in [5, 5.41) is 3.72. The lowest BCUT2D eigenvalue weighted by Crippen LogP contribution is -2.32. The highest BCUT2D eigenvalue weighted by Crippen LogP contribution is 2.22. The smallest absolute Gasteiger partial charge is 0.255 e. The lowest BCUT2D eigenvalue weighted by molar-refractivity contribution is 0.102. The zero-order valence-corrected chi connectivity index (χ0v) is 16.5. The zero-order valence-electron chi connectivity index (χ0n) is 15.7. The maximum atomic E-state index is 12.7. The maximum absolute atomic E-state index is 12.7. The Kier molecular flexibility index (Phi) is 5.57. The van der Waals surface area contributed by atoms with Crippen molar-refractivity contribution in [1.82, 2.24) is 9.71 Å². The van der Waals surface area contributed by atoms with Crippen molar-refractivity contribution in [3.05, 3.63) is 66.4 Å². The average molecular weight is 411 g/mol. The third-order valence-corrected chi connectivity index (χ3v) is 6.23. The number of hydrogen-bond acceptors (Lipinski definition) is 5. The number of fused-ring (bicyclic) bond motifs is 1. The highest BCUT2D eigenvalue weighted by Gasteiger charge is 2.21. The lowest BCUT2D eigenvalue weighted by Gasteiger charge is -2.12. The molecule has 2 aromatic carbocycles. The van der Waals surface area contributed by atoms with Crippen molar-refractivity contribution in [2.24, 2.45) is 0 Å². The predicted molar refractivity (Wildman–Crippen MR) is 110 cm³/mol. The Balaban J connectivity index is 1.52. The number of benzene rings is 2. The Morgan fingerprint density at radius 2 is 1.97 bits per heavy atom. The molecule has 2 N–H and O–H groups in total. The number of pyridine rings is 1. The number of para-hydroxylation sites is 1. The standard InChI is InChI=1S/C21H21N3O4S/c25-21(24-19-10-2-5-15-7-3-11-22-20(15)19)16-6-1-9-18(13-16)29(26,27)23-14-17-8-4-12-28-17/h1-3,5-7,9-11,13,17,23H,4,8,12,14H2,(H,24,25)/t17-/m1/s1. The van der Waals surface area contributed by atoms with E-state index in [0.717, 1.165) is 18.2 Å². The minimum atomic E-state index is -3.73. The first-order valence-corrected chi connectivity index (χ1v) is 10.9. The molecule has 1 fully saturated rings. The van der Waals surface area contributed by atoms with Crippen molar-refractivity contribution < 1.29 is 17.9 Å². The van der Waals surface area contributed by atoms with Crippen LogP contribution in [0.2, 0.25) is 0 Å². The minimum absolute atomic E-state index is 0.0409. The van der Waals surface area contributed by atoms with Gasteiger partial charge in [-0.2, -0.15) is 0 Å². The monoisotopic (exact) mass is 411 g/mol. The van der Waals surface area contributed by atoms with Crippen molar-refractivity contribution in [3.8, 4) is 0 Å². The number of carbonyl (C=O) groups is 1. The number of nitrogens with one attached hydrogen (secondary N) is 2. The summed E-state index contributed by atoms with van der Waals surface area (Å²) in [4.78, 5) is 17.1. The van der Waals surface area contributed by atoms with Gasteiger partial charge in [0, 0.05) is 30.3 Å². The van der Waals surface area contributed by atoms with E-state index in [0.29, 0.717) is 17.8 Å². The van der Waals surface area contributed by atoms with Crippen LogP contribution in [-0.4, -0.2) is 38.6 Å². The van der Waals surface area contributed by atoms with Crippen LogP contribution in [0.15, 0.2) is 65.7 Å². The van der Waals surface area contributed by atoms with Crippen LogP contribution >= 0.6 is 0 Å². The van der Waals surface area contributed by atoms with Gasteiger partial charge in [0.25, 0.3) is 5.91 Å². The van der Waals surface area contributed by atoms with Gasteiger partial charge in [-0.05, 0) is 43.2 Å². The molecule has 150 valence electrons. The molecule has 1 aliphatic rings. The number of rotatable bonds is 6. The molecule has 7 nitrogen and oxygen atoms in total. The second-order valence-corrected chi connectivity index (χ2v) is 8.62. The van der Waals surface area contributed by atoms with Gasteiger partial charge >= 0.3 is 0 Å². The van der Waals surface area contributed by atoms with E-state index in [1.54, 1.807) is 24.4 Å². The van der Waals surface area contributed by atoms with E-state index in [4.69, 9.17) is 4.74 Å². The molecule has 0 radical (unpaired) electrons. The first-order valence-electron chi connectivity index (χ1n) is 9.39. The van der Waals surface area contributed by atoms with Crippen LogP contribution in [0, 0.1) is 0 Å². The second kappa shape index (κ2) is 8.28. The molecule has 2 heterocycles. The van der Waals surface area contributed by atoms with E-state index in [1.807, 2.05) is 24.3 Å². The van der Waals surface area contributed by atoms with Gasteiger partial charge in [0.1, 0.15) is 0 Å². The number of amides is 1. The van der Waals surface area contributed by atoms with Gasteiger partial charge in [-0.1, -0.05) is 24.3 Å². The van der Waals surface area contributed by atoms with E-state index in [1.165, 1.54) is 12.1 Å². The Morgan fingerprint density at radius 3 is 2.79 bits per heavy atom. The fraction of sp³-hybridized carbons (Fsp3) is 0.238. The molecule has 0 spiro atoms. The van der Waals surface area contributed by atoms with Crippen molar-refractivity contribution >= 4 is 32.5 Å². The molecule has 1 saturated heterocycles. The number of hydrogen-bond donors (Lipinski definition) is 2. The molecular weight excluding hydrogens is 390 g/mol. The molecule has 0 saturated carbocycles. The Labute approximate surface area is 169 Å². The lowest BCUT2D eigenvalue weighted by atomic mass is 10.1. The molecule has 3 aromatic rings. The van der Waals surface area contributed by atoms with E-state index in [9.17, 15) is 13.2 Å². The molecule has 0 unspecified atom stereocenters. The van der Waals surface area contributed by atoms with Crippen LogP contribution in [0.1, 0.15) is 23.2 Å². The van der Waals surface area contributed by atoms with Gasteiger partial charge in [0.2, 0.25) is 10.0 Å². The van der Waals surface area contributed by atoms with Crippen LogP contribution in [0.5, 0.6) is 0 Å². The molecule has 1 atom stereocenters. The van der Waals surface area contributed by atoms with Crippen LogP contribution < -0.4 is 10.0 Å². The summed E-state index contributed by atoms with van der Waals surface area (Å²) in [6.45, 7) is 0.880. The SMILES string of the molecule is O=C(Nc1cccc2cccnc12)c1cccc(S(=O)(=O)NC[C@H]2CCCO2)c1. The highest BCUT2D eigenvalue weighted by atomic mass is 32.2. The molecule has 0 bridgehead atoms. The van der Waals surface area contributed by atoms with Gasteiger partial charge in [0.05, 0.1) is 22.2 Å². The van der Waals surface area contributed by atoms with Crippen LogP contribution in [0.3, 0.4) is 0 Å². The Bertz CT molecular complexity index is 1140. The van der Waals surface area contributed by atoms with Crippen LogP contribution in [0.4, 0.5) is 5.69 Å². The largest absolute Gasteiger partial charge is 0.377 e. The zero-order chi connectivity index (χ0) is 20.3. The summed E-state index contributed by atoms with van der Waals surface area (Å²) in [5.41, 5.74) is 1.49. The third kappa shape index (κ3) is 4.45. The van der Waals surface area contributed by atoms with Gasteiger partial charge in [0.15, 0.2) is 0 Å². The van der Waals surface area contributed by atoms with Gasteiger partial charge in [-0.15, -0.1) is 0 Å². The fourth-order valence-corrected chi connectivity index (χ4v) is 4.41. The molecular formula is C21H21N3O4S. The Morgan fingerprint density at radius 1 is 1.14 bits per heavy atom. The van der Waals surface area contributed by atoms with Crippen LogP contribution in [-0.2, 0) is 14.8 Å². The molecule has 1 aromatic heterocycles. The highest BCUT2D eigenvalue weighted by molar-refractivity contribution is 7.89. The van der Waals surface area contributed by atoms with Gasteiger partial charge in [-0.25, -0.2) is 13.1 Å². The molecule has 4 rings (SSSR count). The molecule has 1 amide bonds. The predicted octanol–water partition coefficient (Wildman–Crippen LogP) is 2.94. The minimum Gasteiger partial charge on any atom is -0.377 e. The summed E-state index contributed by atoms with van der Waals surface area (Å²) < 4.78 is 33.2. The number of nitrogens with zero attached hydrogens (tertiary/aromatic N) is 1. The summed E-state index contributed by atoms with van der Waals surface area (Å²) in [5.74, 6) is -0.403. The molecule has 1 aliphatic heterocycles. The fourth-order valence-electron chi connectivity index (χ4n) is 3.30. The van der Waals surface area contributed by atoms with E-state index >= 15 is 0 Å². The van der Waals surface area contributed by atoms with E-state index < -0.39 is 15.9 Å². The summed E-state index contributed by atoms with van der Waals surface area (Å²) in [6, 6.07) is 15.2. The number of ether oxygens (including phenoxy) is 1. The Hall–Kier alpha value is -2.81. The van der Waals surface area contributed by atoms with Gasteiger partial charge in [-0.3, -0.25) is 9.78 Å². The number of aromatic nitrogens is 1. The number of anilines is 1. The van der Waals surface area contributed by atoms with Gasteiger partial charge < -0.3 is 10.1 Å². The van der Waals surface area contributed by atoms with E-state index in [2.05, 4.69) is 15.0 Å². The quantitative estimate of drug-likeness (QED) is 0.650. The summed E-state index contributed by atoms with van der Waals surface area (Å²) in [7, 11) is -3.73. The normalized spacial score (nSPS) is 16.8. The molecule has 29 heavy (non-hydrogen) atoms. The summed E-state index contributed by atoms with van der Waals surface area (Å²) >= 11 is 0. The maximum Gasteiger partial charge on any atom is 0.255 e. The van der Waals surface area contributed by atoms with Crippen molar-refractivity contribution in [2.75, 3.05) is 18.5 Å². The molecule has 8 heteroatoms. The first kappa shape index (κ1) is 19.5. The third-order valence-electron chi connectivity index (χ3n) is 4.81. The summed E-state index contributed by atoms with van der Waals surface area (Å²) in [6.07, 6.45) is 3.33. The topological polar surface area (TPSA) is 97.4 Å². The van der Waals surface area contributed by atoms with Crippen LogP contribution in [0.25, 0.3) is 10.9 Å².